The van der Waals surface area contributed by atoms with Gasteiger partial charge in [-0.1, -0.05) is 20.8 Å². The van der Waals surface area contributed by atoms with Crippen molar-refractivity contribution in [3.63, 3.8) is 0 Å². The van der Waals surface area contributed by atoms with Crippen molar-refractivity contribution in [3.8, 4) is 0 Å². The SMILES string of the molecule is CC.CCN1COC2(CNC2)C1. The minimum absolute atomic E-state index is 0.204. The molecule has 0 aromatic rings. The maximum atomic E-state index is 5.64. The van der Waals surface area contributed by atoms with Crippen molar-refractivity contribution in [1.82, 2.24) is 10.2 Å². The predicted molar refractivity (Wildman–Crippen MR) is 50.1 cm³/mol. The van der Waals surface area contributed by atoms with Crippen LogP contribution in [0.1, 0.15) is 20.8 Å². The average molecular weight is 172 g/mol. The van der Waals surface area contributed by atoms with E-state index in [-0.39, 0.29) is 5.60 Å². The zero-order chi connectivity index (χ0) is 9.03. The van der Waals surface area contributed by atoms with E-state index in [9.17, 15) is 0 Å². The Balaban J connectivity index is 0.000000336. The Morgan fingerprint density at radius 2 is 2.08 bits per heavy atom. The number of ether oxygens (including phenoxy) is 1. The fourth-order valence-corrected chi connectivity index (χ4v) is 1.55. The van der Waals surface area contributed by atoms with Gasteiger partial charge in [0.2, 0.25) is 0 Å². The van der Waals surface area contributed by atoms with Crippen LogP contribution in [0.2, 0.25) is 0 Å². The molecule has 1 spiro atoms. The molecule has 2 rings (SSSR count). The minimum Gasteiger partial charge on any atom is -0.356 e. The van der Waals surface area contributed by atoms with Crippen molar-refractivity contribution in [2.75, 3.05) is 32.9 Å². The van der Waals surface area contributed by atoms with Gasteiger partial charge < -0.3 is 10.1 Å². The third kappa shape index (κ3) is 1.79. The van der Waals surface area contributed by atoms with E-state index in [0.29, 0.717) is 0 Å². The van der Waals surface area contributed by atoms with Crippen molar-refractivity contribution in [2.24, 2.45) is 0 Å². The van der Waals surface area contributed by atoms with Crippen LogP contribution in [0.3, 0.4) is 0 Å². The normalized spacial score (nSPS) is 26.2. The summed E-state index contributed by atoms with van der Waals surface area (Å²) in [7, 11) is 0. The summed E-state index contributed by atoms with van der Waals surface area (Å²) in [5, 5.41) is 3.24. The van der Waals surface area contributed by atoms with E-state index in [4.69, 9.17) is 4.74 Å². The summed E-state index contributed by atoms with van der Waals surface area (Å²) in [6.07, 6.45) is 0. The smallest absolute Gasteiger partial charge is 0.107 e. The van der Waals surface area contributed by atoms with Gasteiger partial charge in [-0.05, 0) is 6.54 Å². The topological polar surface area (TPSA) is 24.5 Å². The second-order valence-electron chi connectivity index (χ2n) is 3.21. The average Bonchev–Trinajstić information content (AvgIpc) is 2.51. The summed E-state index contributed by atoms with van der Waals surface area (Å²) in [5.74, 6) is 0. The Kier molecular flexibility index (Phi) is 3.50. The lowest BCUT2D eigenvalue weighted by Gasteiger charge is -2.37. The highest BCUT2D eigenvalue weighted by Gasteiger charge is 2.43. The lowest BCUT2D eigenvalue weighted by atomic mass is 9.97. The van der Waals surface area contributed by atoms with Crippen molar-refractivity contribution in [2.45, 2.75) is 26.4 Å². The van der Waals surface area contributed by atoms with E-state index < -0.39 is 0 Å². The van der Waals surface area contributed by atoms with Gasteiger partial charge >= 0.3 is 0 Å². The van der Waals surface area contributed by atoms with E-state index in [0.717, 1.165) is 32.9 Å². The summed E-state index contributed by atoms with van der Waals surface area (Å²) in [5.41, 5.74) is 0.204. The van der Waals surface area contributed by atoms with Crippen LogP contribution < -0.4 is 5.32 Å². The van der Waals surface area contributed by atoms with Crippen LogP contribution in [0.25, 0.3) is 0 Å². The first-order chi connectivity index (χ1) is 5.85. The van der Waals surface area contributed by atoms with Crippen molar-refractivity contribution in [1.29, 1.82) is 0 Å². The van der Waals surface area contributed by atoms with Gasteiger partial charge in [0.25, 0.3) is 0 Å². The maximum absolute atomic E-state index is 5.64. The first-order valence-electron chi connectivity index (χ1n) is 4.92. The monoisotopic (exact) mass is 172 g/mol. The van der Waals surface area contributed by atoms with E-state index >= 15 is 0 Å². The summed E-state index contributed by atoms with van der Waals surface area (Å²) in [6.45, 7) is 11.3. The van der Waals surface area contributed by atoms with Crippen LogP contribution in [0, 0.1) is 0 Å². The van der Waals surface area contributed by atoms with Gasteiger partial charge in [-0.15, -0.1) is 0 Å². The molecule has 0 aromatic carbocycles. The van der Waals surface area contributed by atoms with Crippen LogP contribution >= 0.6 is 0 Å². The second kappa shape index (κ2) is 4.21. The van der Waals surface area contributed by atoms with Crippen LogP contribution in [0.5, 0.6) is 0 Å². The summed E-state index contributed by atoms with van der Waals surface area (Å²) >= 11 is 0. The summed E-state index contributed by atoms with van der Waals surface area (Å²) in [6, 6.07) is 0. The Bertz CT molecular complexity index is 134. The van der Waals surface area contributed by atoms with Crippen molar-refractivity contribution in [3.05, 3.63) is 0 Å². The molecule has 0 atom stereocenters. The first kappa shape index (κ1) is 9.96. The molecule has 3 heteroatoms. The van der Waals surface area contributed by atoms with Gasteiger partial charge in [0.05, 0.1) is 0 Å². The fourth-order valence-electron chi connectivity index (χ4n) is 1.55. The molecule has 12 heavy (non-hydrogen) atoms. The third-order valence-electron chi connectivity index (χ3n) is 2.41. The molecule has 1 N–H and O–H groups in total. The maximum Gasteiger partial charge on any atom is 0.107 e. The molecular weight excluding hydrogens is 152 g/mol. The molecular formula is C9H20N2O. The quantitative estimate of drug-likeness (QED) is 0.629. The highest BCUT2D eigenvalue weighted by molar-refractivity contribution is 4.99. The van der Waals surface area contributed by atoms with Crippen LogP contribution in [-0.4, -0.2) is 43.4 Å². The molecule has 3 nitrogen and oxygen atoms in total. The number of hydrogen-bond acceptors (Lipinski definition) is 3. The van der Waals surface area contributed by atoms with E-state index in [1.54, 1.807) is 0 Å². The molecule has 0 saturated carbocycles. The number of rotatable bonds is 1. The molecule has 0 aromatic heterocycles. The number of nitrogens with one attached hydrogen (secondary N) is 1. The zero-order valence-corrected chi connectivity index (χ0v) is 8.39. The second-order valence-corrected chi connectivity index (χ2v) is 3.21. The summed E-state index contributed by atoms with van der Waals surface area (Å²) in [4.78, 5) is 2.33. The first-order valence-corrected chi connectivity index (χ1v) is 4.92. The molecule has 0 amide bonds. The highest BCUT2D eigenvalue weighted by Crippen LogP contribution is 2.23. The molecule has 0 aliphatic carbocycles. The molecule has 2 aliphatic rings. The molecule has 2 saturated heterocycles. The van der Waals surface area contributed by atoms with Gasteiger partial charge in [0, 0.05) is 19.6 Å². The molecule has 2 fully saturated rings. The molecule has 2 aliphatic heterocycles. The Hall–Kier alpha value is -0.120. The molecule has 0 radical (unpaired) electrons. The van der Waals surface area contributed by atoms with Crippen LogP contribution in [-0.2, 0) is 4.74 Å². The minimum atomic E-state index is 0.204. The van der Waals surface area contributed by atoms with Crippen LogP contribution in [0.4, 0.5) is 0 Å². The lowest BCUT2D eigenvalue weighted by molar-refractivity contribution is -0.0317. The Labute approximate surface area is 75.1 Å². The highest BCUT2D eigenvalue weighted by atomic mass is 16.5. The van der Waals surface area contributed by atoms with Gasteiger partial charge in [-0.25, -0.2) is 0 Å². The predicted octanol–water partition coefficient (Wildman–Crippen LogP) is 0.664. The molecule has 0 bridgehead atoms. The number of nitrogens with zero attached hydrogens (tertiary/aromatic N) is 1. The fraction of sp³-hybridized carbons (Fsp3) is 1.00. The molecule has 2 heterocycles. The van der Waals surface area contributed by atoms with Crippen molar-refractivity contribution >= 4 is 0 Å². The van der Waals surface area contributed by atoms with Crippen LogP contribution in [0.15, 0.2) is 0 Å². The molecule has 72 valence electrons. The van der Waals surface area contributed by atoms with Crippen molar-refractivity contribution < 1.29 is 4.74 Å². The molecule has 0 unspecified atom stereocenters. The lowest BCUT2D eigenvalue weighted by Crippen LogP contribution is -2.61. The Morgan fingerprint density at radius 1 is 1.42 bits per heavy atom. The van der Waals surface area contributed by atoms with E-state index in [1.807, 2.05) is 13.8 Å². The Morgan fingerprint density at radius 3 is 2.33 bits per heavy atom. The standard InChI is InChI=1S/C7H14N2O.C2H6/c1-2-9-5-7(10-6-9)3-8-4-7;1-2/h8H,2-6H2,1H3;1-2H3. The van der Waals surface area contributed by atoms with Gasteiger partial charge in [0.15, 0.2) is 0 Å². The van der Waals surface area contributed by atoms with Gasteiger partial charge in [-0.2, -0.15) is 0 Å². The largest absolute Gasteiger partial charge is 0.356 e. The zero-order valence-electron chi connectivity index (χ0n) is 8.39. The third-order valence-corrected chi connectivity index (χ3v) is 2.41. The number of hydrogen-bond donors (Lipinski definition) is 1. The number of likely N-dealkylation sites (N-methyl/N-ethyl adjacent to an activating group) is 1. The van der Waals surface area contributed by atoms with E-state index in [1.165, 1.54) is 0 Å². The van der Waals surface area contributed by atoms with Gasteiger partial charge in [0.1, 0.15) is 12.3 Å². The van der Waals surface area contributed by atoms with Gasteiger partial charge in [-0.3, -0.25) is 4.90 Å². The van der Waals surface area contributed by atoms with E-state index in [2.05, 4.69) is 17.1 Å². The summed E-state index contributed by atoms with van der Waals surface area (Å²) < 4.78 is 5.64.